The number of benzene rings is 2. The third-order valence-corrected chi connectivity index (χ3v) is 8.90. The van der Waals surface area contributed by atoms with Gasteiger partial charge in [0.2, 0.25) is 15.9 Å². The fraction of sp³-hybridized carbons (Fsp3) is 0.407. The van der Waals surface area contributed by atoms with Crippen LogP contribution in [0.1, 0.15) is 54.6 Å². The highest BCUT2D eigenvalue weighted by molar-refractivity contribution is 7.89. The number of amides is 1. The maximum absolute atomic E-state index is 12.8. The minimum Gasteiger partial charge on any atom is -0.350 e. The van der Waals surface area contributed by atoms with E-state index in [0.29, 0.717) is 37.4 Å². The van der Waals surface area contributed by atoms with Crippen molar-refractivity contribution in [1.29, 1.82) is 0 Å². The highest BCUT2D eigenvalue weighted by Gasteiger charge is 2.26. The Morgan fingerprint density at radius 1 is 0.914 bits per heavy atom. The monoisotopic (exact) mass is 492 g/mol. The van der Waals surface area contributed by atoms with Crippen molar-refractivity contribution in [2.45, 2.75) is 62.8 Å². The number of rotatable bonds is 8. The molecule has 1 aromatic heterocycles. The molecular formula is C27H32N4O3S. The highest BCUT2D eigenvalue weighted by Crippen LogP contribution is 2.28. The molecule has 1 aliphatic carbocycles. The summed E-state index contributed by atoms with van der Waals surface area (Å²) in [4.78, 5) is 12.9. The van der Waals surface area contributed by atoms with E-state index in [1.54, 1.807) is 16.4 Å². The van der Waals surface area contributed by atoms with Gasteiger partial charge in [-0.3, -0.25) is 4.79 Å². The Bertz CT molecular complexity index is 1280. The maximum atomic E-state index is 12.8. The summed E-state index contributed by atoms with van der Waals surface area (Å²) in [5, 5.41) is 7.83. The second-order valence-electron chi connectivity index (χ2n) is 9.36. The van der Waals surface area contributed by atoms with Crippen LogP contribution >= 0.6 is 0 Å². The first kappa shape index (κ1) is 23.8. The molecule has 2 aromatic carbocycles. The third kappa shape index (κ3) is 5.18. The molecule has 2 heterocycles. The molecule has 1 aliphatic heterocycles. The summed E-state index contributed by atoms with van der Waals surface area (Å²) < 4.78 is 29.2. The molecule has 184 valence electrons. The number of fused-ring (bicyclic) bond motifs is 1. The smallest absolute Gasteiger partial charge is 0.243 e. The van der Waals surface area contributed by atoms with Gasteiger partial charge in [-0.15, -0.1) is 0 Å². The number of sulfonamides is 1. The maximum Gasteiger partial charge on any atom is 0.243 e. The predicted molar refractivity (Wildman–Crippen MR) is 135 cm³/mol. The molecule has 0 bridgehead atoms. The molecular weight excluding hydrogens is 460 g/mol. The standard InChI is InChI=1S/C27H32N4O3S/c32-27(17-14-21-12-15-23(16-13-21)35(33,34)30-18-5-2-6-19-30)28-20-25-24-10-7-11-26(24)31(29-25)22-8-3-1-4-9-22/h1,3-4,8-9,12-13,15-16H,2,5-7,10-11,14,17-20H2,(H,28,32). The van der Waals surface area contributed by atoms with Crippen LogP contribution in [-0.4, -0.2) is 41.5 Å². The molecule has 0 spiro atoms. The molecule has 35 heavy (non-hydrogen) atoms. The quantitative estimate of drug-likeness (QED) is 0.519. The average molecular weight is 493 g/mol. The fourth-order valence-electron chi connectivity index (χ4n) is 5.05. The molecule has 7 nitrogen and oxygen atoms in total. The summed E-state index contributed by atoms with van der Waals surface area (Å²) in [6.07, 6.45) is 6.96. The molecule has 1 fully saturated rings. The first-order chi connectivity index (χ1) is 17.0. The number of aryl methyl sites for hydroxylation is 1. The lowest BCUT2D eigenvalue weighted by Gasteiger charge is -2.25. The number of aromatic nitrogens is 2. The Hall–Kier alpha value is -2.97. The normalized spacial score (nSPS) is 16.2. The number of carbonyl (C=O) groups is 1. The van der Waals surface area contributed by atoms with Gasteiger partial charge in [-0.2, -0.15) is 9.40 Å². The van der Waals surface area contributed by atoms with Crippen molar-refractivity contribution in [3.8, 4) is 5.69 Å². The molecule has 3 aromatic rings. The van der Waals surface area contributed by atoms with Crippen LogP contribution in [0.4, 0.5) is 0 Å². The van der Waals surface area contributed by atoms with Gasteiger partial charge in [0.05, 0.1) is 22.8 Å². The molecule has 0 unspecified atom stereocenters. The molecule has 1 saturated heterocycles. The lowest BCUT2D eigenvalue weighted by molar-refractivity contribution is -0.121. The van der Waals surface area contributed by atoms with Gasteiger partial charge in [0.15, 0.2) is 0 Å². The van der Waals surface area contributed by atoms with E-state index < -0.39 is 10.0 Å². The highest BCUT2D eigenvalue weighted by atomic mass is 32.2. The van der Waals surface area contributed by atoms with Gasteiger partial charge in [0.1, 0.15) is 0 Å². The largest absolute Gasteiger partial charge is 0.350 e. The number of carbonyl (C=O) groups excluding carboxylic acids is 1. The lowest BCUT2D eigenvalue weighted by Crippen LogP contribution is -2.35. The van der Waals surface area contributed by atoms with Crippen molar-refractivity contribution in [2.24, 2.45) is 0 Å². The van der Waals surface area contributed by atoms with Crippen molar-refractivity contribution >= 4 is 15.9 Å². The number of hydrogen-bond acceptors (Lipinski definition) is 4. The Kier molecular flexibility index (Phi) is 7.02. The minimum atomic E-state index is -3.43. The zero-order valence-electron chi connectivity index (χ0n) is 19.9. The second-order valence-corrected chi connectivity index (χ2v) is 11.3. The first-order valence-corrected chi connectivity index (χ1v) is 14.0. The topological polar surface area (TPSA) is 84.3 Å². The Morgan fingerprint density at radius 2 is 1.66 bits per heavy atom. The summed E-state index contributed by atoms with van der Waals surface area (Å²) in [6, 6.07) is 17.1. The van der Waals surface area contributed by atoms with E-state index in [0.717, 1.165) is 55.5 Å². The van der Waals surface area contributed by atoms with Crippen LogP contribution in [0, 0.1) is 0 Å². The molecule has 0 radical (unpaired) electrons. The van der Waals surface area contributed by atoms with E-state index in [1.807, 2.05) is 35.0 Å². The van der Waals surface area contributed by atoms with Crippen LogP contribution in [0.2, 0.25) is 0 Å². The molecule has 0 atom stereocenters. The van der Waals surface area contributed by atoms with Gasteiger partial charge in [-0.1, -0.05) is 36.8 Å². The van der Waals surface area contributed by atoms with E-state index in [1.165, 1.54) is 11.3 Å². The fourth-order valence-corrected chi connectivity index (χ4v) is 6.57. The Balaban J connectivity index is 1.16. The first-order valence-electron chi connectivity index (χ1n) is 12.5. The van der Waals surface area contributed by atoms with E-state index in [4.69, 9.17) is 5.10 Å². The van der Waals surface area contributed by atoms with Gasteiger partial charge in [0.25, 0.3) is 0 Å². The number of nitrogens with one attached hydrogen (secondary N) is 1. The predicted octanol–water partition coefficient (Wildman–Crippen LogP) is 3.78. The number of piperidine rings is 1. The molecule has 8 heteroatoms. The van der Waals surface area contributed by atoms with Crippen LogP contribution < -0.4 is 5.32 Å². The number of hydrogen-bond donors (Lipinski definition) is 1. The molecule has 0 saturated carbocycles. The number of nitrogens with zero attached hydrogens (tertiary/aromatic N) is 3. The van der Waals surface area contributed by atoms with Crippen LogP contribution in [0.3, 0.4) is 0 Å². The summed E-state index contributed by atoms with van der Waals surface area (Å²) in [7, 11) is -3.43. The summed E-state index contributed by atoms with van der Waals surface area (Å²) in [6.45, 7) is 1.61. The van der Waals surface area contributed by atoms with Gasteiger partial charge in [0, 0.05) is 25.2 Å². The average Bonchev–Trinajstić information content (AvgIpc) is 3.51. The molecule has 5 rings (SSSR count). The Morgan fingerprint density at radius 3 is 2.40 bits per heavy atom. The Labute approximate surface area is 207 Å². The van der Waals surface area contributed by atoms with Crippen LogP contribution in [-0.2, 0) is 40.6 Å². The summed E-state index contributed by atoms with van der Waals surface area (Å²) in [5.74, 6) is -0.0315. The van der Waals surface area contributed by atoms with E-state index in [2.05, 4.69) is 17.4 Å². The van der Waals surface area contributed by atoms with Crippen molar-refractivity contribution in [3.63, 3.8) is 0 Å². The summed E-state index contributed by atoms with van der Waals surface area (Å²) >= 11 is 0. The minimum absolute atomic E-state index is 0.0315. The van der Waals surface area contributed by atoms with Gasteiger partial charge >= 0.3 is 0 Å². The second kappa shape index (κ2) is 10.3. The van der Waals surface area contributed by atoms with Gasteiger partial charge in [-0.05, 0) is 73.9 Å². The van der Waals surface area contributed by atoms with Crippen LogP contribution in [0.15, 0.2) is 59.5 Å². The van der Waals surface area contributed by atoms with E-state index in [9.17, 15) is 13.2 Å². The van der Waals surface area contributed by atoms with Crippen molar-refractivity contribution in [2.75, 3.05) is 13.1 Å². The summed E-state index contributed by atoms with van der Waals surface area (Å²) in [5.41, 5.74) is 5.46. The molecule has 1 amide bonds. The SMILES string of the molecule is O=C(CCc1ccc(S(=O)(=O)N2CCCCC2)cc1)NCc1nn(-c2ccccc2)c2c1CCC2. The van der Waals surface area contributed by atoms with Crippen molar-refractivity contribution in [1.82, 2.24) is 19.4 Å². The van der Waals surface area contributed by atoms with Crippen LogP contribution in [0.5, 0.6) is 0 Å². The number of para-hydroxylation sites is 1. The van der Waals surface area contributed by atoms with Crippen molar-refractivity contribution in [3.05, 3.63) is 77.1 Å². The van der Waals surface area contributed by atoms with Gasteiger partial charge < -0.3 is 5.32 Å². The van der Waals surface area contributed by atoms with Crippen LogP contribution in [0.25, 0.3) is 5.69 Å². The zero-order chi connectivity index (χ0) is 24.3. The van der Waals surface area contributed by atoms with E-state index >= 15 is 0 Å². The lowest BCUT2D eigenvalue weighted by atomic mass is 10.1. The van der Waals surface area contributed by atoms with Gasteiger partial charge in [-0.25, -0.2) is 13.1 Å². The van der Waals surface area contributed by atoms with E-state index in [-0.39, 0.29) is 5.91 Å². The molecule has 1 N–H and O–H groups in total. The van der Waals surface area contributed by atoms with Crippen molar-refractivity contribution < 1.29 is 13.2 Å². The molecule has 2 aliphatic rings. The third-order valence-electron chi connectivity index (χ3n) is 6.98. The zero-order valence-corrected chi connectivity index (χ0v) is 20.8.